The minimum absolute atomic E-state index is 0.0210. The second kappa shape index (κ2) is 7.95. The maximum absolute atomic E-state index is 12.3. The summed E-state index contributed by atoms with van der Waals surface area (Å²) in [6.07, 6.45) is 3.35. The molecule has 9 heteroatoms. The molecule has 0 unspecified atom stereocenters. The molecule has 25 heavy (non-hydrogen) atoms. The lowest BCUT2D eigenvalue weighted by Crippen LogP contribution is -2.33. The molecule has 0 saturated heterocycles. The maximum Gasteiger partial charge on any atom is 0.333 e. The van der Waals surface area contributed by atoms with Gasteiger partial charge in [-0.15, -0.1) is 0 Å². The standard InChI is InChI=1S/C16H19N5O4/c17-15(18)11-3-5-12(6-4-11)21-9-8-20(16(21)25)10-13(22)19-7-1-2-14(23)24/h3-6,8-9H,1-2,7,10H2,(H3,17,18)(H,19,22)(H,23,24). The smallest absolute Gasteiger partial charge is 0.333 e. The van der Waals surface area contributed by atoms with Gasteiger partial charge in [0.2, 0.25) is 5.91 Å². The lowest BCUT2D eigenvalue weighted by Gasteiger charge is -2.05. The van der Waals surface area contributed by atoms with Gasteiger partial charge in [0.1, 0.15) is 12.4 Å². The van der Waals surface area contributed by atoms with E-state index in [2.05, 4.69) is 5.32 Å². The van der Waals surface area contributed by atoms with Gasteiger partial charge in [0.15, 0.2) is 0 Å². The number of aliphatic carboxylic acids is 1. The highest BCUT2D eigenvalue weighted by atomic mass is 16.4. The van der Waals surface area contributed by atoms with Gasteiger partial charge in [0.25, 0.3) is 0 Å². The first-order valence-corrected chi connectivity index (χ1v) is 7.59. The molecule has 2 aromatic rings. The van der Waals surface area contributed by atoms with Crippen molar-refractivity contribution in [1.82, 2.24) is 14.5 Å². The van der Waals surface area contributed by atoms with E-state index < -0.39 is 5.97 Å². The van der Waals surface area contributed by atoms with Crippen molar-refractivity contribution in [2.75, 3.05) is 6.54 Å². The van der Waals surface area contributed by atoms with Crippen LogP contribution >= 0.6 is 0 Å². The topological polar surface area (TPSA) is 143 Å². The molecule has 1 aromatic heterocycles. The van der Waals surface area contributed by atoms with Crippen LogP contribution in [0.5, 0.6) is 0 Å². The van der Waals surface area contributed by atoms with Gasteiger partial charge in [-0.3, -0.25) is 24.1 Å². The van der Waals surface area contributed by atoms with Gasteiger partial charge in [-0.2, -0.15) is 0 Å². The molecule has 0 aliphatic carbocycles. The molecule has 9 nitrogen and oxygen atoms in total. The lowest BCUT2D eigenvalue weighted by molar-refractivity contribution is -0.137. The summed E-state index contributed by atoms with van der Waals surface area (Å²) in [5.74, 6) is -1.34. The number of imidazole rings is 1. The third-order valence-electron chi connectivity index (χ3n) is 3.51. The second-order valence-electron chi connectivity index (χ2n) is 5.39. The molecule has 0 spiro atoms. The van der Waals surface area contributed by atoms with E-state index in [1.807, 2.05) is 0 Å². The number of nitrogens with zero attached hydrogens (tertiary/aromatic N) is 2. The Kier molecular flexibility index (Phi) is 5.72. The van der Waals surface area contributed by atoms with Crippen molar-refractivity contribution in [3.63, 3.8) is 0 Å². The lowest BCUT2D eigenvalue weighted by atomic mass is 10.2. The highest BCUT2D eigenvalue weighted by molar-refractivity contribution is 5.95. The Morgan fingerprint density at radius 1 is 1.20 bits per heavy atom. The van der Waals surface area contributed by atoms with Gasteiger partial charge >= 0.3 is 11.7 Å². The van der Waals surface area contributed by atoms with Gasteiger partial charge in [-0.1, -0.05) is 0 Å². The minimum Gasteiger partial charge on any atom is -0.481 e. The summed E-state index contributed by atoms with van der Waals surface area (Å²) in [7, 11) is 0. The summed E-state index contributed by atoms with van der Waals surface area (Å²) in [4.78, 5) is 34.5. The summed E-state index contributed by atoms with van der Waals surface area (Å²) < 4.78 is 2.63. The SMILES string of the molecule is N=C(N)c1ccc(-n2ccn(CC(=O)NCCCC(=O)O)c2=O)cc1. The van der Waals surface area contributed by atoms with E-state index in [1.165, 1.54) is 15.3 Å². The van der Waals surface area contributed by atoms with Gasteiger partial charge in [-0.25, -0.2) is 4.79 Å². The largest absolute Gasteiger partial charge is 0.481 e. The van der Waals surface area contributed by atoms with Crippen LogP contribution in [0.15, 0.2) is 41.5 Å². The number of rotatable bonds is 8. The number of carbonyl (C=O) groups excluding carboxylic acids is 1. The fourth-order valence-electron chi connectivity index (χ4n) is 2.21. The summed E-state index contributed by atoms with van der Waals surface area (Å²) in [6, 6.07) is 6.59. The number of amidine groups is 1. The summed E-state index contributed by atoms with van der Waals surface area (Å²) in [5, 5.41) is 18.5. The fraction of sp³-hybridized carbons (Fsp3) is 0.250. The van der Waals surface area contributed by atoms with E-state index >= 15 is 0 Å². The highest BCUT2D eigenvalue weighted by Gasteiger charge is 2.09. The van der Waals surface area contributed by atoms with E-state index in [4.69, 9.17) is 16.2 Å². The van der Waals surface area contributed by atoms with Crippen molar-refractivity contribution in [2.24, 2.45) is 5.73 Å². The zero-order chi connectivity index (χ0) is 18.4. The Balaban J connectivity index is 2.00. The molecule has 0 saturated carbocycles. The molecule has 2 rings (SSSR count). The number of nitrogen functional groups attached to an aromatic ring is 1. The number of hydrogen-bond acceptors (Lipinski definition) is 4. The molecule has 132 valence electrons. The third-order valence-corrected chi connectivity index (χ3v) is 3.51. The number of nitrogens with two attached hydrogens (primary N) is 1. The van der Waals surface area contributed by atoms with Crippen LogP contribution in [0, 0.1) is 5.41 Å². The van der Waals surface area contributed by atoms with Crippen LogP contribution in [0.4, 0.5) is 0 Å². The van der Waals surface area contributed by atoms with Gasteiger partial charge < -0.3 is 16.2 Å². The number of aromatic nitrogens is 2. The molecule has 1 aromatic carbocycles. The monoisotopic (exact) mass is 345 g/mol. The fourth-order valence-corrected chi connectivity index (χ4v) is 2.21. The molecule has 1 amide bonds. The number of carboxylic acid groups (broad SMARTS) is 1. The number of benzene rings is 1. The zero-order valence-electron chi connectivity index (χ0n) is 13.4. The number of nitrogens with one attached hydrogen (secondary N) is 2. The average Bonchev–Trinajstić information content (AvgIpc) is 2.92. The van der Waals surface area contributed by atoms with Crippen molar-refractivity contribution >= 4 is 17.7 Å². The van der Waals surface area contributed by atoms with E-state index in [0.717, 1.165) is 0 Å². The molecule has 0 aliphatic heterocycles. The predicted octanol–water partition coefficient (Wildman–Crippen LogP) is -0.0959. The van der Waals surface area contributed by atoms with Crippen molar-refractivity contribution in [3.8, 4) is 5.69 Å². The number of carbonyl (C=O) groups is 2. The van der Waals surface area contributed by atoms with Crippen LogP contribution in [0.2, 0.25) is 0 Å². The zero-order valence-corrected chi connectivity index (χ0v) is 13.4. The Bertz CT molecular complexity index is 835. The van der Waals surface area contributed by atoms with Crippen molar-refractivity contribution in [2.45, 2.75) is 19.4 Å². The quantitative estimate of drug-likeness (QED) is 0.300. The summed E-state index contributed by atoms with van der Waals surface area (Å²) in [5.41, 5.74) is 6.16. The van der Waals surface area contributed by atoms with Crippen LogP contribution in [0.3, 0.4) is 0 Å². The van der Waals surface area contributed by atoms with Gasteiger partial charge in [0.05, 0.1) is 5.69 Å². The van der Waals surface area contributed by atoms with Crippen molar-refractivity contribution in [3.05, 3.63) is 52.7 Å². The number of hydrogen-bond donors (Lipinski definition) is 4. The first-order chi connectivity index (χ1) is 11.9. The Labute approximate surface area is 143 Å². The van der Waals surface area contributed by atoms with E-state index in [9.17, 15) is 14.4 Å². The van der Waals surface area contributed by atoms with E-state index in [0.29, 0.717) is 17.7 Å². The van der Waals surface area contributed by atoms with E-state index in [1.54, 1.807) is 30.5 Å². The first kappa shape index (κ1) is 18.0. The summed E-state index contributed by atoms with van der Waals surface area (Å²) >= 11 is 0. The molecule has 0 radical (unpaired) electrons. The molecular formula is C16H19N5O4. The van der Waals surface area contributed by atoms with Crippen molar-refractivity contribution < 1.29 is 14.7 Å². The molecule has 0 aliphatic rings. The number of carboxylic acids is 1. The maximum atomic E-state index is 12.3. The van der Waals surface area contributed by atoms with Crippen LogP contribution < -0.4 is 16.7 Å². The van der Waals surface area contributed by atoms with Gasteiger partial charge in [-0.05, 0) is 30.7 Å². The van der Waals surface area contributed by atoms with Crippen LogP contribution in [-0.4, -0.2) is 38.5 Å². The molecular weight excluding hydrogens is 326 g/mol. The van der Waals surface area contributed by atoms with Gasteiger partial charge in [0, 0.05) is 30.9 Å². The normalized spacial score (nSPS) is 10.4. The Morgan fingerprint density at radius 2 is 1.88 bits per heavy atom. The predicted molar refractivity (Wildman–Crippen MR) is 90.9 cm³/mol. The van der Waals surface area contributed by atoms with Crippen LogP contribution in [0.25, 0.3) is 5.69 Å². The first-order valence-electron chi connectivity index (χ1n) is 7.59. The summed E-state index contributed by atoms with van der Waals surface area (Å²) in [6.45, 7) is 0.0948. The average molecular weight is 345 g/mol. The second-order valence-corrected chi connectivity index (χ2v) is 5.39. The molecule has 5 N–H and O–H groups in total. The molecule has 0 atom stereocenters. The van der Waals surface area contributed by atoms with Crippen LogP contribution in [0.1, 0.15) is 18.4 Å². The third kappa shape index (κ3) is 4.80. The Hall–Kier alpha value is -3.36. The van der Waals surface area contributed by atoms with E-state index in [-0.39, 0.29) is 36.9 Å². The van der Waals surface area contributed by atoms with Crippen molar-refractivity contribution in [1.29, 1.82) is 5.41 Å². The molecule has 1 heterocycles. The minimum atomic E-state index is -0.918. The van der Waals surface area contributed by atoms with Crippen LogP contribution in [-0.2, 0) is 16.1 Å². The molecule has 0 bridgehead atoms. The molecule has 0 fully saturated rings. The number of amides is 1. The highest BCUT2D eigenvalue weighted by Crippen LogP contribution is 2.07. The Morgan fingerprint density at radius 3 is 2.48 bits per heavy atom.